The number of rotatable bonds is 3. The van der Waals surface area contributed by atoms with E-state index in [1.807, 2.05) is 23.2 Å². The molecule has 0 aromatic carbocycles. The van der Waals surface area contributed by atoms with Gasteiger partial charge in [0, 0.05) is 32.4 Å². The van der Waals surface area contributed by atoms with Crippen molar-refractivity contribution in [1.29, 1.82) is 5.26 Å². The summed E-state index contributed by atoms with van der Waals surface area (Å²) in [5, 5.41) is 11.8. The molecule has 124 valence electrons. The van der Waals surface area contributed by atoms with Crippen LogP contribution in [0.4, 0.5) is 5.82 Å². The molecule has 2 fully saturated rings. The van der Waals surface area contributed by atoms with E-state index in [9.17, 15) is 4.79 Å². The van der Waals surface area contributed by atoms with Gasteiger partial charge in [-0.2, -0.15) is 5.26 Å². The molecule has 4 heterocycles. The van der Waals surface area contributed by atoms with Gasteiger partial charge in [0.05, 0.1) is 11.5 Å². The summed E-state index contributed by atoms with van der Waals surface area (Å²) in [6, 6.07) is 3.91. The van der Waals surface area contributed by atoms with Gasteiger partial charge in [-0.05, 0) is 24.3 Å². The van der Waals surface area contributed by atoms with E-state index in [0.717, 1.165) is 49.5 Å². The Balaban J connectivity index is 1.42. The minimum absolute atomic E-state index is 0.0200. The van der Waals surface area contributed by atoms with Crippen molar-refractivity contribution in [3.63, 3.8) is 0 Å². The predicted octanol–water partition coefficient (Wildman–Crippen LogP) is 0.979. The second-order valence-electron chi connectivity index (χ2n) is 6.46. The molecule has 2 aromatic rings. The van der Waals surface area contributed by atoms with E-state index in [-0.39, 0.29) is 12.3 Å². The van der Waals surface area contributed by atoms with Gasteiger partial charge >= 0.3 is 0 Å². The molecule has 2 unspecified atom stereocenters. The normalized spacial score (nSPS) is 23.9. The van der Waals surface area contributed by atoms with Crippen LogP contribution in [0.15, 0.2) is 18.6 Å². The molecular formula is C16H19N7O. The van der Waals surface area contributed by atoms with Crippen LogP contribution >= 0.6 is 0 Å². The zero-order chi connectivity index (χ0) is 16.5. The van der Waals surface area contributed by atoms with Crippen molar-refractivity contribution in [2.24, 2.45) is 11.8 Å². The van der Waals surface area contributed by atoms with Crippen molar-refractivity contribution >= 4 is 22.8 Å². The van der Waals surface area contributed by atoms with Gasteiger partial charge in [0.25, 0.3) is 0 Å². The van der Waals surface area contributed by atoms with Crippen molar-refractivity contribution < 1.29 is 4.79 Å². The second-order valence-corrected chi connectivity index (χ2v) is 6.46. The van der Waals surface area contributed by atoms with E-state index in [1.165, 1.54) is 0 Å². The number of aromatic amines is 1. The number of piperidine rings is 1. The number of nitrogens with zero attached hydrogens (tertiary/aromatic N) is 5. The van der Waals surface area contributed by atoms with Crippen LogP contribution in [0.5, 0.6) is 0 Å². The lowest BCUT2D eigenvalue weighted by molar-refractivity contribution is -0.129. The number of anilines is 1. The van der Waals surface area contributed by atoms with Gasteiger partial charge in [-0.1, -0.05) is 0 Å². The fourth-order valence-electron chi connectivity index (χ4n) is 3.76. The Morgan fingerprint density at radius 1 is 1.38 bits per heavy atom. The fraction of sp³-hybridized carbons (Fsp3) is 0.500. The quantitative estimate of drug-likeness (QED) is 0.872. The molecule has 0 aliphatic carbocycles. The topological polar surface area (TPSA) is 101 Å². The van der Waals surface area contributed by atoms with Crippen molar-refractivity contribution in [3.05, 3.63) is 18.6 Å². The lowest BCUT2D eigenvalue weighted by Crippen LogP contribution is -2.43. The number of fused-ring (bicyclic) bond motifs is 2. The van der Waals surface area contributed by atoms with Gasteiger partial charge in [0.1, 0.15) is 18.4 Å². The largest absolute Gasteiger partial charge is 0.346 e. The van der Waals surface area contributed by atoms with Gasteiger partial charge < -0.3 is 15.3 Å². The number of hydrogen-bond acceptors (Lipinski definition) is 6. The Bertz CT molecular complexity index is 795. The summed E-state index contributed by atoms with van der Waals surface area (Å²) in [6.07, 6.45) is 4.42. The van der Waals surface area contributed by atoms with Gasteiger partial charge in [0.15, 0.2) is 5.82 Å². The summed E-state index contributed by atoms with van der Waals surface area (Å²) in [5.41, 5.74) is 4.21. The Morgan fingerprint density at radius 3 is 3.12 bits per heavy atom. The summed E-state index contributed by atoms with van der Waals surface area (Å²) in [4.78, 5) is 25.4. The van der Waals surface area contributed by atoms with E-state index < -0.39 is 0 Å². The minimum Gasteiger partial charge on any atom is -0.346 e. The molecule has 2 aliphatic heterocycles. The van der Waals surface area contributed by atoms with Crippen LogP contribution < -0.4 is 5.43 Å². The van der Waals surface area contributed by atoms with Gasteiger partial charge in [-0.25, -0.2) is 15.0 Å². The fourth-order valence-corrected chi connectivity index (χ4v) is 3.76. The van der Waals surface area contributed by atoms with E-state index in [4.69, 9.17) is 5.26 Å². The average Bonchev–Trinajstić information content (AvgIpc) is 3.21. The number of likely N-dealkylation sites (tertiary alicyclic amines) is 1. The Hall–Kier alpha value is -2.66. The number of nitriles is 1. The molecule has 24 heavy (non-hydrogen) atoms. The van der Waals surface area contributed by atoms with Crippen LogP contribution in [0.2, 0.25) is 0 Å². The van der Waals surface area contributed by atoms with Crippen molar-refractivity contribution in [2.75, 3.05) is 31.6 Å². The Labute approximate surface area is 139 Å². The first-order valence-corrected chi connectivity index (χ1v) is 8.19. The Morgan fingerprint density at radius 2 is 2.25 bits per heavy atom. The molecule has 2 aromatic heterocycles. The molecule has 2 saturated heterocycles. The number of hydrogen-bond donors (Lipinski definition) is 2. The highest BCUT2D eigenvalue weighted by Crippen LogP contribution is 2.32. The number of hydrazine groups is 1. The maximum absolute atomic E-state index is 11.9. The smallest absolute Gasteiger partial charge is 0.236 e. The van der Waals surface area contributed by atoms with Crippen LogP contribution in [0, 0.1) is 23.2 Å². The first kappa shape index (κ1) is 14.9. The molecular weight excluding hydrogens is 306 g/mol. The van der Waals surface area contributed by atoms with Crippen molar-refractivity contribution in [3.8, 4) is 6.07 Å². The number of carbonyl (C=O) groups excluding carboxylic acids is 1. The average molecular weight is 325 g/mol. The highest BCUT2D eigenvalue weighted by Gasteiger charge is 2.38. The van der Waals surface area contributed by atoms with Crippen molar-refractivity contribution in [2.45, 2.75) is 12.8 Å². The predicted molar refractivity (Wildman–Crippen MR) is 87.5 cm³/mol. The van der Waals surface area contributed by atoms with E-state index in [1.54, 1.807) is 6.33 Å². The van der Waals surface area contributed by atoms with E-state index in [2.05, 4.69) is 25.4 Å². The highest BCUT2D eigenvalue weighted by atomic mass is 16.2. The lowest BCUT2D eigenvalue weighted by Gasteiger charge is -2.34. The molecule has 1 amide bonds. The van der Waals surface area contributed by atoms with Crippen LogP contribution in [-0.4, -0.2) is 56.9 Å². The zero-order valence-corrected chi connectivity index (χ0v) is 13.3. The van der Waals surface area contributed by atoms with Gasteiger partial charge in [0.2, 0.25) is 5.91 Å². The molecule has 0 radical (unpaired) electrons. The molecule has 0 spiro atoms. The first-order chi connectivity index (χ1) is 11.7. The molecule has 0 bridgehead atoms. The van der Waals surface area contributed by atoms with Crippen LogP contribution in [-0.2, 0) is 4.79 Å². The lowest BCUT2D eigenvalue weighted by atomic mass is 9.89. The van der Waals surface area contributed by atoms with Crippen molar-refractivity contribution in [1.82, 2.24) is 24.9 Å². The SMILES string of the molecule is N#CCC(=O)N1CC2CCN(Nc3ncnc4[nH]ccc34)CC2C1. The molecule has 8 heteroatoms. The van der Waals surface area contributed by atoms with E-state index >= 15 is 0 Å². The second kappa shape index (κ2) is 6.09. The molecule has 4 rings (SSSR count). The Kier molecular flexibility index (Phi) is 3.78. The molecule has 8 nitrogen and oxygen atoms in total. The summed E-state index contributed by atoms with van der Waals surface area (Å²) in [7, 11) is 0. The minimum atomic E-state index is -0.0451. The summed E-state index contributed by atoms with van der Waals surface area (Å²) >= 11 is 0. The summed E-state index contributed by atoms with van der Waals surface area (Å²) in [5.74, 6) is 1.73. The number of aromatic nitrogens is 3. The maximum Gasteiger partial charge on any atom is 0.236 e. The maximum atomic E-state index is 11.9. The van der Waals surface area contributed by atoms with E-state index in [0.29, 0.717) is 11.8 Å². The third kappa shape index (κ3) is 2.67. The third-order valence-electron chi connectivity index (χ3n) is 5.00. The van der Waals surface area contributed by atoms with Crippen LogP contribution in [0.25, 0.3) is 11.0 Å². The van der Waals surface area contributed by atoms with Crippen LogP contribution in [0.3, 0.4) is 0 Å². The standard InChI is InChI=1S/C16H19N7O/c17-4-1-14(24)22-7-11-3-6-23(9-12(11)8-22)21-16-13-2-5-18-15(13)19-10-20-16/h2,5,10-12H,1,3,6-9H2,(H2,18,19,20,21). The number of amides is 1. The number of H-pyrrole nitrogens is 1. The monoisotopic (exact) mass is 325 g/mol. The summed E-state index contributed by atoms with van der Waals surface area (Å²) in [6.45, 7) is 3.32. The number of nitrogens with one attached hydrogen (secondary N) is 2. The number of carbonyl (C=O) groups is 1. The van der Waals surface area contributed by atoms with Crippen LogP contribution in [0.1, 0.15) is 12.8 Å². The molecule has 2 N–H and O–H groups in total. The molecule has 2 atom stereocenters. The highest BCUT2D eigenvalue weighted by molar-refractivity contribution is 5.86. The first-order valence-electron chi connectivity index (χ1n) is 8.19. The molecule has 2 aliphatic rings. The third-order valence-corrected chi connectivity index (χ3v) is 5.00. The molecule has 0 saturated carbocycles. The van der Waals surface area contributed by atoms with Gasteiger partial charge in [-0.15, -0.1) is 0 Å². The van der Waals surface area contributed by atoms with Gasteiger partial charge in [-0.3, -0.25) is 4.79 Å². The zero-order valence-electron chi connectivity index (χ0n) is 13.3. The summed E-state index contributed by atoms with van der Waals surface area (Å²) < 4.78 is 0.